The van der Waals surface area contributed by atoms with Crippen LogP contribution in [-0.2, 0) is 17.1 Å². The van der Waals surface area contributed by atoms with Crippen LogP contribution in [0.4, 0.5) is 0 Å². The van der Waals surface area contributed by atoms with Crippen molar-refractivity contribution >= 4 is 10.9 Å². The van der Waals surface area contributed by atoms with Crippen molar-refractivity contribution in [2.24, 2.45) is 0 Å². The Morgan fingerprint density at radius 3 is 2.60 bits per heavy atom. The number of benzene rings is 1. The predicted octanol–water partition coefficient (Wildman–Crippen LogP) is 1.79. The van der Waals surface area contributed by atoms with Gasteiger partial charge in [-0.2, -0.15) is 6.20 Å². The van der Waals surface area contributed by atoms with Gasteiger partial charge in [0, 0.05) is 0 Å². The molecule has 2 rings (SSSR count). The molecule has 10 heavy (non-hydrogen) atoms. The molecule has 0 aliphatic carbocycles. The van der Waals surface area contributed by atoms with E-state index in [1.54, 1.807) is 0 Å². The van der Waals surface area contributed by atoms with Gasteiger partial charge in [-0.05, 0) is 5.39 Å². The smallest absolute Gasteiger partial charge is 0.664 e. The standard InChI is InChI=1S/C8H6N.Cu/c1-2-4-8-7(3-1)5-6-9-8;/h1-6H;/q-1;+1. The van der Waals surface area contributed by atoms with Crippen LogP contribution in [0.3, 0.4) is 0 Å². The van der Waals surface area contributed by atoms with Crippen molar-refractivity contribution in [2.45, 2.75) is 0 Å². The normalized spacial score (nSPS) is 9.20. The van der Waals surface area contributed by atoms with E-state index in [1.807, 2.05) is 30.5 Å². The molecule has 0 fully saturated rings. The van der Waals surface area contributed by atoms with E-state index < -0.39 is 0 Å². The van der Waals surface area contributed by atoms with Crippen molar-refractivity contribution in [1.82, 2.24) is 4.98 Å². The molecule has 1 aromatic heterocycles. The number of hydrogen-bond donors (Lipinski definition) is 0. The molecule has 0 aliphatic heterocycles. The van der Waals surface area contributed by atoms with E-state index >= 15 is 0 Å². The first-order valence-corrected chi connectivity index (χ1v) is 2.93. The van der Waals surface area contributed by atoms with Crippen LogP contribution in [0.25, 0.3) is 10.9 Å². The number of rotatable bonds is 0. The summed E-state index contributed by atoms with van der Waals surface area (Å²) in [4.78, 5) is 4.12. The zero-order valence-corrected chi connectivity index (χ0v) is 6.15. The van der Waals surface area contributed by atoms with Crippen molar-refractivity contribution in [3.8, 4) is 0 Å². The molecule has 0 bridgehead atoms. The fraction of sp³-hybridized carbons (Fsp3) is 0. The topological polar surface area (TPSA) is 14.1 Å². The van der Waals surface area contributed by atoms with Crippen LogP contribution in [0.5, 0.6) is 0 Å². The molecule has 0 atom stereocenters. The van der Waals surface area contributed by atoms with Crippen molar-refractivity contribution in [3.63, 3.8) is 0 Å². The molecule has 0 aliphatic rings. The number of fused-ring (bicyclic) bond motifs is 1. The van der Waals surface area contributed by atoms with Crippen LogP contribution in [0.2, 0.25) is 0 Å². The Morgan fingerprint density at radius 1 is 1.00 bits per heavy atom. The van der Waals surface area contributed by atoms with E-state index in [2.05, 4.69) is 11.1 Å². The van der Waals surface area contributed by atoms with Gasteiger partial charge in [-0.3, -0.25) is 0 Å². The molecule has 2 heteroatoms. The first-order chi connectivity index (χ1) is 4.47. The summed E-state index contributed by atoms with van der Waals surface area (Å²) in [5, 5.41) is 1.22. The van der Waals surface area contributed by atoms with E-state index in [-0.39, 0.29) is 17.1 Å². The molecule has 0 saturated carbocycles. The Hall–Kier alpha value is -0.721. The summed E-state index contributed by atoms with van der Waals surface area (Å²) in [6, 6.07) is 10.1. The van der Waals surface area contributed by atoms with Gasteiger partial charge in [0.25, 0.3) is 0 Å². The number of hydrogen-bond acceptors (Lipinski definition) is 0. The predicted molar refractivity (Wildman–Crippen MR) is 37.3 cm³/mol. The van der Waals surface area contributed by atoms with Crippen molar-refractivity contribution < 1.29 is 17.1 Å². The van der Waals surface area contributed by atoms with Gasteiger partial charge < -0.3 is 4.98 Å². The van der Waals surface area contributed by atoms with Crippen molar-refractivity contribution in [1.29, 1.82) is 0 Å². The molecule has 2 aromatic rings. The summed E-state index contributed by atoms with van der Waals surface area (Å²) < 4.78 is 0. The molecule has 0 N–H and O–H groups in total. The average Bonchev–Trinajstić information content (AvgIpc) is 2.33. The zero-order valence-electron chi connectivity index (χ0n) is 5.21. The maximum atomic E-state index is 4.12. The third-order valence-electron chi connectivity index (χ3n) is 1.40. The third kappa shape index (κ3) is 1.08. The van der Waals surface area contributed by atoms with E-state index in [0.29, 0.717) is 0 Å². The van der Waals surface area contributed by atoms with Crippen LogP contribution < -0.4 is 4.98 Å². The summed E-state index contributed by atoms with van der Waals surface area (Å²) in [5.74, 6) is 0. The van der Waals surface area contributed by atoms with E-state index in [1.165, 1.54) is 5.39 Å². The maximum Gasteiger partial charge on any atom is 1.00 e. The van der Waals surface area contributed by atoms with Gasteiger partial charge in [0.05, 0.1) is 0 Å². The summed E-state index contributed by atoms with van der Waals surface area (Å²) in [7, 11) is 0. The number of aromatic nitrogens is 1. The van der Waals surface area contributed by atoms with Crippen LogP contribution in [0.15, 0.2) is 36.5 Å². The minimum atomic E-state index is 0. The van der Waals surface area contributed by atoms with Crippen LogP contribution in [-0.4, -0.2) is 0 Å². The molecular weight excluding hydrogens is 174 g/mol. The zero-order chi connectivity index (χ0) is 6.10. The second kappa shape index (κ2) is 2.91. The molecule has 1 heterocycles. The quantitative estimate of drug-likeness (QED) is 0.563. The second-order valence-corrected chi connectivity index (χ2v) is 2.00. The van der Waals surface area contributed by atoms with Gasteiger partial charge in [0.15, 0.2) is 0 Å². The molecule has 0 spiro atoms. The Labute approximate surface area is 69.9 Å². The largest absolute Gasteiger partial charge is 1.00 e. The van der Waals surface area contributed by atoms with Gasteiger partial charge in [0.1, 0.15) is 0 Å². The SMILES string of the molecule is [Cu+].c1ccc2[n-]ccc2c1. The monoisotopic (exact) mass is 179 g/mol. The van der Waals surface area contributed by atoms with Gasteiger partial charge in [0.2, 0.25) is 0 Å². The fourth-order valence-corrected chi connectivity index (χ4v) is 0.944. The van der Waals surface area contributed by atoms with Gasteiger partial charge in [-0.1, -0.05) is 30.3 Å². The molecule has 1 nitrogen and oxygen atoms in total. The molecular formula is C8H6CuN. The first kappa shape index (κ1) is 7.39. The first-order valence-electron chi connectivity index (χ1n) is 2.93. The molecule has 1 aromatic carbocycles. The number of nitrogens with zero attached hydrogens (tertiary/aromatic N) is 1. The van der Waals surface area contributed by atoms with Gasteiger partial charge >= 0.3 is 17.1 Å². The maximum absolute atomic E-state index is 4.12. The fourth-order valence-electron chi connectivity index (χ4n) is 0.944. The molecule has 0 amide bonds. The summed E-state index contributed by atoms with van der Waals surface area (Å²) in [6.45, 7) is 0. The Morgan fingerprint density at radius 2 is 1.80 bits per heavy atom. The molecule has 0 saturated heterocycles. The Bertz CT molecular complexity index is 283. The summed E-state index contributed by atoms with van der Waals surface area (Å²) in [6.07, 6.45) is 1.82. The average molecular weight is 180 g/mol. The Kier molecular flexibility index (Phi) is 2.15. The molecule has 0 unspecified atom stereocenters. The molecule has 0 radical (unpaired) electrons. The van der Waals surface area contributed by atoms with Crippen LogP contribution in [0, 0.1) is 0 Å². The third-order valence-corrected chi connectivity index (χ3v) is 1.40. The Balaban J connectivity index is 0.000000500. The number of para-hydroxylation sites is 1. The van der Waals surface area contributed by atoms with Gasteiger partial charge in [-0.15, -0.1) is 5.52 Å². The summed E-state index contributed by atoms with van der Waals surface area (Å²) in [5.41, 5.74) is 1.08. The minimum absolute atomic E-state index is 0. The van der Waals surface area contributed by atoms with E-state index in [4.69, 9.17) is 0 Å². The summed E-state index contributed by atoms with van der Waals surface area (Å²) >= 11 is 0. The van der Waals surface area contributed by atoms with Crippen molar-refractivity contribution in [3.05, 3.63) is 36.5 Å². The minimum Gasteiger partial charge on any atom is -0.664 e. The van der Waals surface area contributed by atoms with Crippen LogP contribution in [0.1, 0.15) is 0 Å². The van der Waals surface area contributed by atoms with Crippen molar-refractivity contribution in [2.75, 3.05) is 0 Å². The van der Waals surface area contributed by atoms with Gasteiger partial charge in [-0.25, -0.2) is 0 Å². The molecule has 54 valence electrons. The van der Waals surface area contributed by atoms with E-state index in [0.717, 1.165) is 5.52 Å². The van der Waals surface area contributed by atoms with Crippen LogP contribution >= 0.6 is 0 Å². The second-order valence-electron chi connectivity index (χ2n) is 2.00. The van der Waals surface area contributed by atoms with E-state index in [9.17, 15) is 0 Å².